The molecule has 0 saturated heterocycles. The van der Waals surface area contributed by atoms with E-state index >= 15 is 0 Å². The third kappa shape index (κ3) is 7.87. The Hall–Kier alpha value is -4.29. The van der Waals surface area contributed by atoms with Crippen molar-refractivity contribution >= 4 is 15.6 Å². The number of aromatic nitrogens is 1. The van der Waals surface area contributed by atoms with Gasteiger partial charge in [-0.05, 0) is 55.0 Å². The highest BCUT2D eigenvalue weighted by Crippen LogP contribution is 2.53. The van der Waals surface area contributed by atoms with Gasteiger partial charge < -0.3 is 22.6 Å². The minimum Gasteiger partial charge on any atom is -0.395 e. The van der Waals surface area contributed by atoms with Crippen molar-refractivity contribution in [3.8, 4) is 28.7 Å². The highest BCUT2D eigenvalue weighted by Gasteiger charge is 2.36. The molecule has 204 valence electrons. The van der Waals surface area contributed by atoms with Gasteiger partial charge in [0, 0.05) is 18.5 Å². The maximum absolute atomic E-state index is 13.8. The van der Waals surface area contributed by atoms with Crippen LogP contribution in [0.4, 0.5) is 0 Å². The summed E-state index contributed by atoms with van der Waals surface area (Å²) in [6.07, 6.45) is 10.3. The van der Waals surface area contributed by atoms with Gasteiger partial charge >= 0.3 is 15.6 Å². The fourth-order valence-electron chi connectivity index (χ4n) is 3.51. The fourth-order valence-corrected chi connectivity index (χ4v) is 6.12. The van der Waals surface area contributed by atoms with E-state index in [1.165, 1.54) is 36.7 Å². The van der Waals surface area contributed by atoms with Gasteiger partial charge in [-0.1, -0.05) is 66.8 Å². The van der Waals surface area contributed by atoms with Gasteiger partial charge in [-0.2, -0.15) is 4.57 Å². The van der Waals surface area contributed by atoms with Crippen LogP contribution in [-0.4, -0.2) is 11.1 Å². The first-order chi connectivity index (χ1) is 19.5. The van der Waals surface area contributed by atoms with Crippen LogP contribution in [0.15, 0.2) is 134 Å². The van der Waals surface area contributed by atoms with E-state index in [-0.39, 0.29) is 23.0 Å². The first kappa shape index (κ1) is 27.3. The van der Waals surface area contributed by atoms with Crippen LogP contribution in [0.2, 0.25) is 0 Å². The van der Waals surface area contributed by atoms with Crippen molar-refractivity contribution in [3.63, 3.8) is 0 Å². The van der Waals surface area contributed by atoms with E-state index in [2.05, 4.69) is 4.98 Å². The Kier molecular flexibility index (Phi) is 8.67. The molecule has 0 saturated carbocycles. The molecule has 4 aromatic rings. The molecule has 1 aliphatic carbocycles. The van der Waals surface area contributed by atoms with Crippen molar-refractivity contribution in [2.24, 2.45) is 0 Å². The van der Waals surface area contributed by atoms with Gasteiger partial charge in [0.05, 0.1) is 6.10 Å². The van der Waals surface area contributed by atoms with Gasteiger partial charge in [0.1, 0.15) is 28.7 Å². The van der Waals surface area contributed by atoms with Crippen LogP contribution in [-0.2, 0) is 13.7 Å². The number of rotatable bonds is 12. The van der Waals surface area contributed by atoms with Crippen LogP contribution in [0.3, 0.4) is 0 Å². The Balaban J connectivity index is 1.39. The van der Waals surface area contributed by atoms with Gasteiger partial charge in [-0.15, -0.1) is 0 Å². The monoisotopic (exact) mass is 577 g/mol. The maximum atomic E-state index is 13.8. The lowest BCUT2D eigenvalue weighted by Gasteiger charge is -2.23. The molecular weight excluding hydrogens is 552 g/mol. The summed E-state index contributed by atoms with van der Waals surface area (Å²) >= 11 is 0. The second-order valence-corrected chi connectivity index (χ2v) is 11.2. The summed E-state index contributed by atoms with van der Waals surface area (Å²) in [7, 11) is -8.46. The number of para-hydroxylation sites is 2. The van der Waals surface area contributed by atoms with E-state index in [1.807, 2.05) is 12.2 Å². The number of hydrogen-bond acceptors (Lipinski definition) is 9. The first-order valence-corrected chi connectivity index (χ1v) is 15.2. The Bertz CT molecular complexity index is 1500. The third-order valence-corrected chi connectivity index (χ3v) is 7.93. The molecule has 0 radical (unpaired) electrons. The van der Waals surface area contributed by atoms with Gasteiger partial charge in [0.2, 0.25) is 0 Å². The quantitative estimate of drug-likeness (QED) is 0.154. The summed E-state index contributed by atoms with van der Waals surface area (Å²) in [5, 5.41) is 0. The number of phosphoric acid groups is 2. The highest BCUT2D eigenvalue weighted by atomic mass is 31.2. The van der Waals surface area contributed by atoms with Crippen molar-refractivity contribution in [1.29, 1.82) is 0 Å². The lowest BCUT2D eigenvalue weighted by Crippen LogP contribution is -2.14. The minimum absolute atomic E-state index is 0.0672. The molecule has 9 nitrogen and oxygen atoms in total. The summed E-state index contributed by atoms with van der Waals surface area (Å²) in [5.41, 5.74) is 0. The number of hydrogen-bond donors (Lipinski definition) is 0. The van der Waals surface area contributed by atoms with Gasteiger partial charge in [-0.25, -0.2) is 4.57 Å². The van der Waals surface area contributed by atoms with Crippen molar-refractivity contribution in [3.05, 3.63) is 134 Å². The highest BCUT2D eigenvalue weighted by molar-refractivity contribution is 7.50. The van der Waals surface area contributed by atoms with Gasteiger partial charge in [-0.3, -0.25) is 9.51 Å². The molecule has 0 fully saturated rings. The van der Waals surface area contributed by atoms with Gasteiger partial charge in [0.25, 0.3) is 0 Å². The summed E-state index contributed by atoms with van der Waals surface area (Å²) in [4.78, 5) is 3.93. The Morgan fingerprint density at radius 2 is 1.07 bits per heavy atom. The second-order valence-electron chi connectivity index (χ2n) is 8.33. The summed E-state index contributed by atoms with van der Waals surface area (Å²) in [5.74, 6) is 0.960. The Morgan fingerprint density at radius 1 is 0.575 bits per heavy atom. The maximum Gasteiger partial charge on any atom is 0.647 e. The SMILES string of the molecule is O=P(Oc1ccccc1)(Oc1ccncc1)Oc1cccc(OP(=O)(Oc2ccccc2)OC2C=CC=CC2)c1. The lowest BCUT2D eigenvalue weighted by atomic mass is 10.1. The summed E-state index contributed by atoms with van der Waals surface area (Å²) in [6, 6.07) is 26.1. The average Bonchev–Trinajstić information content (AvgIpc) is 2.95. The van der Waals surface area contributed by atoms with Crippen molar-refractivity contribution in [2.45, 2.75) is 12.5 Å². The molecule has 1 aromatic heterocycles. The average molecular weight is 577 g/mol. The van der Waals surface area contributed by atoms with Crippen LogP contribution < -0.4 is 22.6 Å². The predicted octanol–water partition coefficient (Wildman–Crippen LogP) is 8.19. The fraction of sp³-hybridized carbons (Fsp3) is 0.0690. The second kappa shape index (κ2) is 12.7. The normalized spacial score (nSPS) is 17.1. The minimum atomic E-state index is -4.27. The zero-order valence-corrected chi connectivity index (χ0v) is 22.9. The molecular formula is C29H25NO8P2. The summed E-state index contributed by atoms with van der Waals surface area (Å²) in [6.45, 7) is 0. The van der Waals surface area contributed by atoms with Crippen LogP contribution in [0.1, 0.15) is 6.42 Å². The number of allylic oxidation sites excluding steroid dienone is 2. The molecule has 1 aliphatic rings. The molecule has 40 heavy (non-hydrogen) atoms. The largest absolute Gasteiger partial charge is 0.647 e. The molecule has 0 amide bonds. The number of benzene rings is 3. The molecule has 1 heterocycles. The molecule has 0 bridgehead atoms. The number of pyridine rings is 1. The molecule has 0 N–H and O–H groups in total. The van der Waals surface area contributed by atoms with E-state index in [0.717, 1.165) is 0 Å². The molecule has 5 rings (SSSR count). The smallest absolute Gasteiger partial charge is 0.395 e. The predicted molar refractivity (Wildman–Crippen MR) is 150 cm³/mol. The van der Waals surface area contributed by atoms with E-state index in [4.69, 9.17) is 27.1 Å². The number of nitrogens with zero attached hydrogens (tertiary/aromatic N) is 1. The third-order valence-electron chi connectivity index (χ3n) is 5.23. The van der Waals surface area contributed by atoms with E-state index in [1.54, 1.807) is 84.9 Å². The molecule has 3 aromatic carbocycles. The number of phosphoric ester groups is 2. The Morgan fingerprint density at radius 3 is 1.65 bits per heavy atom. The van der Waals surface area contributed by atoms with E-state index in [9.17, 15) is 9.13 Å². The molecule has 0 aliphatic heterocycles. The molecule has 0 spiro atoms. The zero-order valence-electron chi connectivity index (χ0n) is 21.1. The van der Waals surface area contributed by atoms with Crippen molar-refractivity contribution < 1.29 is 36.3 Å². The molecule has 3 unspecified atom stereocenters. The Labute approximate surface area is 231 Å². The lowest BCUT2D eigenvalue weighted by molar-refractivity contribution is 0.172. The van der Waals surface area contributed by atoms with Crippen LogP contribution in [0.25, 0.3) is 0 Å². The summed E-state index contributed by atoms with van der Waals surface area (Å²) < 4.78 is 62.0. The standard InChI is InChI=1S/C29H25NO8P2/c31-39(33-24-11-4-1-5-12-24,34-25-13-6-2-7-14-25)37-28-17-10-18-29(23-28)38-40(32,35-26-15-8-3-9-16-26)36-27-19-21-30-22-20-27/h1-13,15-23,25H,14H2. The first-order valence-electron chi connectivity index (χ1n) is 12.3. The van der Waals surface area contributed by atoms with Crippen LogP contribution >= 0.6 is 15.6 Å². The van der Waals surface area contributed by atoms with E-state index < -0.39 is 21.7 Å². The van der Waals surface area contributed by atoms with Crippen LogP contribution in [0, 0.1) is 0 Å². The zero-order chi connectivity index (χ0) is 27.7. The topological polar surface area (TPSA) is 102 Å². The van der Waals surface area contributed by atoms with Crippen molar-refractivity contribution in [2.75, 3.05) is 0 Å². The molecule has 11 heteroatoms. The van der Waals surface area contributed by atoms with Crippen molar-refractivity contribution in [1.82, 2.24) is 4.98 Å². The molecule has 3 atom stereocenters. The van der Waals surface area contributed by atoms with Gasteiger partial charge in [0.15, 0.2) is 0 Å². The van der Waals surface area contributed by atoms with E-state index in [0.29, 0.717) is 12.2 Å². The van der Waals surface area contributed by atoms with Crippen LogP contribution in [0.5, 0.6) is 28.7 Å².